The van der Waals surface area contributed by atoms with Crippen LogP contribution in [0.25, 0.3) is 6.08 Å². The van der Waals surface area contributed by atoms with Gasteiger partial charge in [0.05, 0.1) is 0 Å². The van der Waals surface area contributed by atoms with Gasteiger partial charge in [-0.15, -0.1) is 0 Å². The van der Waals surface area contributed by atoms with E-state index >= 15 is 0 Å². The highest BCUT2D eigenvalue weighted by molar-refractivity contribution is 5.81. The first-order valence-corrected chi connectivity index (χ1v) is 6.75. The van der Waals surface area contributed by atoms with Gasteiger partial charge in [0.2, 0.25) is 0 Å². The van der Waals surface area contributed by atoms with Crippen LogP contribution in [0.4, 0.5) is 0 Å². The van der Waals surface area contributed by atoms with E-state index in [1.165, 1.54) is 6.08 Å². The number of aliphatic carboxylic acids is 1. The van der Waals surface area contributed by atoms with Crippen LogP contribution in [0.1, 0.15) is 19.4 Å². The molecule has 3 nitrogen and oxygen atoms in total. The topological polar surface area (TPSA) is 46.5 Å². The number of carboxylic acid groups (broad SMARTS) is 1. The van der Waals surface area contributed by atoms with E-state index in [0.29, 0.717) is 12.2 Å². The third-order valence-electron chi connectivity index (χ3n) is 3.19. The van der Waals surface area contributed by atoms with Gasteiger partial charge in [-0.2, -0.15) is 0 Å². The predicted octanol–water partition coefficient (Wildman–Crippen LogP) is 4.00. The predicted molar refractivity (Wildman–Crippen MR) is 84.2 cm³/mol. The molecule has 21 heavy (non-hydrogen) atoms. The molecule has 0 bridgehead atoms. The molecule has 0 aromatic heterocycles. The van der Waals surface area contributed by atoms with Crippen molar-refractivity contribution in [1.82, 2.24) is 0 Å². The summed E-state index contributed by atoms with van der Waals surface area (Å²) in [4.78, 5) is 10.5. The number of benzene rings is 1. The van der Waals surface area contributed by atoms with Crippen LogP contribution in [-0.4, -0.2) is 17.7 Å². The third-order valence-corrected chi connectivity index (χ3v) is 3.19. The summed E-state index contributed by atoms with van der Waals surface area (Å²) >= 11 is 0. The summed E-state index contributed by atoms with van der Waals surface area (Å²) < 4.78 is 5.71. The SMILES string of the molecule is CC(C=CC=C(C)C1=Cc2ccccc2OC1)=CC(=O)O. The van der Waals surface area contributed by atoms with E-state index in [4.69, 9.17) is 9.84 Å². The standard InChI is InChI=1S/C18H18O3/c1-13(10-18(19)20)6-5-7-14(2)16-11-15-8-3-4-9-17(15)21-12-16/h3-11H,12H2,1-2H3,(H,19,20). The van der Waals surface area contributed by atoms with Crippen molar-refractivity contribution in [1.29, 1.82) is 0 Å². The minimum Gasteiger partial charge on any atom is -0.488 e. The van der Waals surface area contributed by atoms with Gasteiger partial charge in [-0.1, -0.05) is 36.4 Å². The maximum absolute atomic E-state index is 10.5. The zero-order chi connectivity index (χ0) is 15.2. The Morgan fingerprint density at radius 1 is 1.29 bits per heavy atom. The number of fused-ring (bicyclic) bond motifs is 1. The number of allylic oxidation sites excluding steroid dienone is 4. The average Bonchev–Trinajstić information content (AvgIpc) is 2.45. The molecule has 2 rings (SSSR count). The van der Waals surface area contributed by atoms with E-state index in [2.05, 4.69) is 6.08 Å². The fourth-order valence-corrected chi connectivity index (χ4v) is 2.04. The monoisotopic (exact) mass is 282 g/mol. The van der Waals surface area contributed by atoms with Gasteiger partial charge in [0.15, 0.2) is 0 Å². The van der Waals surface area contributed by atoms with Gasteiger partial charge < -0.3 is 9.84 Å². The molecule has 1 aliphatic heterocycles. The van der Waals surface area contributed by atoms with E-state index in [9.17, 15) is 4.79 Å². The van der Waals surface area contributed by atoms with Gasteiger partial charge in [0, 0.05) is 11.6 Å². The molecule has 1 aliphatic rings. The molecule has 0 unspecified atom stereocenters. The number of hydrogen-bond acceptors (Lipinski definition) is 2. The van der Waals surface area contributed by atoms with Gasteiger partial charge in [0.25, 0.3) is 0 Å². The summed E-state index contributed by atoms with van der Waals surface area (Å²) in [6, 6.07) is 7.93. The van der Waals surface area contributed by atoms with Crippen molar-refractivity contribution in [3.8, 4) is 5.75 Å². The second-order valence-electron chi connectivity index (χ2n) is 4.93. The van der Waals surface area contributed by atoms with Crippen LogP contribution in [0.5, 0.6) is 5.75 Å². The molecule has 0 amide bonds. The van der Waals surface area contributed by atoms with Crippen molar-refractivity contribution in [2.45, 2.75) is 13.8 Å². The first-order valence-electron chi connectivity index (χ1n) is 6.75. The van der Waals surface area contributed by atoms with E-state index in [-0.39, 0.29) is 0 Å². The van der Waals surface area contributed by atoms with Gasteiger partial charge in [-0.25, -0.2) is 4.79 Å². The van der Waals surface area contributed by atoms with Crippen LogP contribution >= 0.6 is 0 Å². The summed E-state index contributed by atoms with van der Waals surface area (Å²) in [5, 5.41) is 8.64. The molecule has 0 saturated heterocycles. The second kappa shape index (κ2) is 6.75. The highest BCUT2D eigenvalue weighted by Crippen LogP contribution is 2.28. The molecule has 0 spiro atoms. The Bertz CT molecular complexity index is 661. The molecule has 0 atom stereocenters. The molecule has 1 aromatic carbocycles. The van der Waals surface area contributed by atoms with Gasteiger partial charge in [-0.3, -0.25) is 0 Å². The lowest BCUT2D eigenvalue weighted by Gasteiger charge is -2.18. The fourth-order valence-electron chi connectivity index (χ4n) is 2.04. The van der Waals surface area contributed by atoms with Crippen LogP contribution in [0.3, 0.4) is 0 Å². The first-order chi connectivity index (χ1) is 10.1. The molecule has 0 aliphatic carbocycles. The number of hydrogen-bond donors (Lipinski definition) is 1. The largest absolute Gasteiger partial charge is 0.488 e. The van der Waals surface area contributed by atoms with Crippen LogP contribution in [0.2, 0.25) is 0 Å². The minimum atomic E-state index is -0.933. The summed E-state index contributed by atoms with van der Waals surface area (Å²) in [5.41, 5.74) is 4.00. The highest BCUT2D eigenvalue weighted by atomic mass is 16.5. The Kier molecular flexibility index (Phi) is 4.77. The molecule has 0 saturated carbocycles. The van der Waals surface area contributed by atoms with Gasteiger partial charge in [-0.05, 0) is 42.7 Å². The van der Waals surface area contributed by atoms with Gasteiger partial charge >= 0.3 is 5.97 Å². The molecule has 1 aromatic rings. The molecule has 3 heteroatoms. The molecule has 1 heterocycles. The Hall–Kier alpha value is -2.55. The van der Waals surface area contributed by atoms with Crippen molar-refractivity contribution in [3.63, 3.8) is 0 Å². The number of carbonyl (C=O) groups is 1. The van der Waals surface area contributed by atoms with Crippen molar-refractivity contribution < 1.29 is 14.6 Å². The highest BCUT2D eigenvalue weighted by Gasteiger charge is 2.10. The Morgan fingerprint density at radius 2 is 2.05 bits per heavy atom. The summed E-state index contributed by atoms with van der Waals surface area (Å²) in [6.45, 7) is 4.33. The smallest absolute Gasteiger partial charge is 0.328 e. The maximum atomic E-state index is 10.5. The zero-order valence-electron chi connectivity index (χ0n) is 12.2. The zero-order valence-corrected chi connectivity index (χ0v) is 12.2. The molecular weight excluding hydrogens is 264 g/mol. The van der Waals surface area contributed by atoms with E-state index < -0.39 is 5.97 Å². The van der Waals surface area contributed by atoms with Crippen molar-refractivity contribution in [3.05, 3.63) is 70.9 Å². The third kappa shape index (κ3) is 4.21. The molecule has 0 radical (unpaired) electrons. The van der Waals surface area contributed by atoms with Crippen molar-refractivity contribution in [2.75, 3.05) is 6.61 Å². The van der Waals surface area contributed by atoms with Crippen molar-refractivity contribution in [2.24, 2.45) is 0 Å². The summed E-state index contributed by atoms with van der Waals surface area (Å²) in [5.74, 6) is -0.0253. The van der Waals surface area contributed by atoms with Crippen LogP contribution in [0, 0.1) is 0 Å². The molecule has 108 valence electrons. The van der Waals surface area contributed by atoms with Crippen LogP contribution < -0.4 is 4.74 Å². The Balaban J connectivity index is 2.12. The van der Waals surface area contributed by atoms with Crippen LogP contribution in [-0.2, 0) is 4.79 Å². The molecular formula is C18H18O3. The minimum absolute atomic E-state index is 0.553. The lowest BCUT2D eigenvalue weighted by molar-refractivity contribution is -0.131. The molecule has 1 N–H and O–H groups in total. The number of carboxylic acids is 1. The average molecular weight is 282 g/mol. The summed E-state index contributed by atoms with van der Waals surface area (Å²) in [6.07, 6.45) is 8.89. The number of ether oxygens (including phenoxy) is 1. The van der Waals surface area contributed by atoms with E-state index in [1.807, 2.05) is 43.3 Å². The van der Waals surface area contributed by atoms with Crippen LogP contribution in [0.15, 0.2) is 65.3 Å². The maximum Gasteiger partial charge on any atom is 0.328 e. The summed E-state index contributed by atoms with van der Waals surface area (Å²) in [7, 11) is 0. The lowest BCUT2D eigenvalue weighted by Crippen LogP contribution is -2.07. The number of para-hydroxylation sites is 1. The normalized spacial score (nSPS) is 15.4. The Labute approximate surface area is 124 Å². The van der Waals surface area contributed by atoms with Crippen molar-refractivity contribution >= 4 is 12.0 Å². The van der Waals surface area contributed by atoms with E-state index in [1.54, 1.807) is 13.0 Å². The fraction of sp³-hybridized carbons (Fsp3) is 0.167. The quantitative estimate of drug-likeness (QED) is 0.670. The number of rotatable bonds is 4. The molecule has 0 fully saturated rings. The van der Waals surface area contributed by atoms with Gasteiger partial charge in [0.1, 0.15) is 12.4 Å². The van der Waals surface area contributed by atoms with E-state index in [0.717, 1.165) is 22.5 Å². The Morgan fingerprint density at radius 3 is 2.81 bits per heavy atom. The first kappa shape index (κ1) is 14.9. The second-order valence-corrected chi connectivity index (χ2v) is 4.93. The lowest BCUT2D eigenvalue weighted by atomic mass is 10.0.